The van der Waals surface area contributed by atoms with Crippen molar-refractivity contribution >= 4 is 23.5 Å². The molecule has 8 heteroatoms. The summed E-state index contributed by atoms with van der Waals surface area (Å²) in [4.78, 5) is 24.2. The summed E-state index contributed by atoms with van der Waals surface area (Å²) in [6.07, 6.45) is 2.31. The summed E-state index contributed by atoms with van der Waals surface area (Å²) < 4.78 is 17.2. The highest BCUT2D eigenvalue weighted by molar-refractivity contribution is 5.85. The molecule has 0 unspecified atom stereocenters. The second-order valence-electron chi connectivity index (χ2n) is 7.43. The fourth-order valence-corrected chi connectivity index (χ4v) is 3.96. The Morgan fingerprint density at radius 1 is 1.23 bits per heavy atom. The van der Waals surface area contributed by atoms with Gasteiger partial charge in [0, 0.05) is 13.2 Å². The van der Waals surface area contributed by atoms with Crippen LogP contribution in [0, 0.1) is 17.8 Å². The molecule has 1 saturated carbocycles. The molecule has 0 bridgehead atoms. The molecule has 1 aromatic carbocycles. The van der Waals surface area contributed by atoms with E-state index in [4.69, 9.17) is 14.2 Å². The Balaban J connectivity index is 1.40. The van der Waals surface area contributed by atoms with Gasteiger partial charge in [-0.1, -0.05) is 36.4 Å². The van der Waals surface area contributed by atoms with Crippen LogP contribution in [0.25, 0.3) is 5.57 Å². The van der Waals surface area contributed by atoms with Gasteiger partial charge in [0.2, 0.25) is 0 Å². The van der Waals surface area contributed by atoms with Crippen molar-refractivity contribution in [2.75, 3.05) is 19.0 Å². The lowest BCUT2D eigenvalue weighted by Gasteiger charge is -2.08. The zero-order chi connectivity index (χ0) is 21.1. The van der Waals surface area contributed by atoms with E-state index >= 15 is 0 Å². The molecule has 30 heavy (non-hydrogen) atoms. The highest BCUT2D eigenvalue weighted by Crippen LogP contribution is 2.58. The number of nitrogens with zero attached hydrogens (tertiary/aromatic N) is 2. The van der Waals surface area contributed by atoms with Gasteiger partial charge in [-0.3, -0.25) is 10.1 Å². The van der Waals surface area contributed by atoms with E-state index in [9.17, 15) is 9.59 Å². The van der Waals surface area contributed by atoms with Crippen molar-refractivity contribution in [2.24, 2.45) is 17.8 Å². The minimum Gasteiger partial charge on any atom is -0.466 e. The number of anilines is 1. The second-order valence-corrected chi connectivity index (χ2v) is 7.43. The average Bonchev–Trinajstić information content (AvgIpc) is 3.06. The molecule has 2 aliphatic carbocycles. The first-order valence-corrected chi connectivity index (χ1v) is 10.0. The lowest BCUT2D eigenvalue weighted by molar-refractivity contribution is -0.145. The van der Waals surface area contributed by atoms with Crippen LogP contribution in [0.2, 0.25) is 0 Å². The van der Waals surface area contributed by atoms with Gasteiger partial charge in [-0.15, -0.1) is 0 Å². The topological polar surface area (TPSA) is 91.7 Å². The third-order valence-electron chi connectivity index (χ3n) is 5.44. The molecule has 8 nitrogen and oxygen atoms in total. The first-order chi connectivity index (χ1) is 14.6. The fourth-order valence-electron chi connectivity index (χ4n) is 3.96. The molecule has 3 atom stereocenters. The number of methoxy groups -OCH3 is 1. The molecule has 0 saturated heterocycles. The number of aromatic nitrogens is 2. The first kappa shape index (κ1) is 20.2. The van der Waals surface area contributed by atoms with Crippen molar-refractivity contribution in [3.05, 3.63) is 53.7 Å². The Morgan fingerprint density at radius 2 is 2.03 bits per heavy atom. The van der Waals surface area contributed by atoms with Gasteiger partial charge in [0.05, 0.1) is 18.2 Å². The largest absolute Gasteiger partial charge is 0.466 e. The summed E-state index contributed by atoms with van der Waals surface area (Å²) in [5.41, 5.74) is 2.74. The maximum absolute atomic E-state index is 12.2. The van der Waals surface area contributed by atoms with Gasteiger partial charge in [-0.05, 0) is 36.3 Å². The molecule has 158 valence electrons. The van der Waals surface area contributed by atoms with Gasteiger partial charge in [-0.2, -0.15) is 5.10 Å². The summed E-state index contributed by atoms with van der Waals surface area (Å²) >= 11 is 0. The number of carbonyl (C=O) groups is 2. The zero-order valence-corrected chi connectivity index (χ0v) is 17.0. The third kappa shape index (κ3) is 4.23. The number of carbonyl (C=O) groups excluding carboxylic acids is 2. The Hall–Kier alpha value is -3.13. The van der Waals surface area contributed by atoms with Crippen molar-refractivity contribution in [2.45, 2.75) is 26.7 Å². The smallest absolute Gasteiger partial charge is 0.413 e. The summed E-state index contributed by atoms with van der Waals surface area (Å²) in [6, 6.07) is 11.3. The molecular formula is C22H25N3O5. The standard InChI is InChI=1S/C22H25N3O5/c1-3-29-21(26)20-16-9-15(10-17(16)20)18-11-19(25(24-18)13-28-2)23-22(27)30-12-14-7-5-4-6-8-14/h4-9,11,16-17,20H,3,10,12-13H2,1-2H3,(H,23,27)/t16-,17+,20+/m1/s1. The van der Waals surface area contributed by atoms with Crippen LogP contribution in [0.5, 0.6) is 0 Å². The number of esters is 1. The van der Waals surface area contributed by atoms with Crippen LogP contribution in [0.15, 0.2) is 42.5 Å². The maximum Gasteiger partial charge on any atom is 0.413 e. The molecule has 1 N–H and O–H groups in total. The highest BCUT2D eigenvalue weighted by Gasteiger charge is 2.57. The Kier molecular flexibility index (Phi) is 5.85. The van der Waals surface area contributed by atoms with Gasteiger partial charge in [0.15, 0.2) is 0 Å². The summed E-state index contributed by atoms with van der Waals surface area (Å²) in [5, 5.41) is 7.29. The number of fused-ring (bicyclic) bond motifs is 1. The average molecular weight is 411 g/mol. The molecule has 0 aliphatic heterocycles. The molecule has 2 aliphatic rings. The van der Waals surface area contributed by atoms with Gasteiger partial charge in [-0.25, -0.2) is 9.48 Å². The molecule has 2 aromatic rings. The van der Waals surface area contributed by atoms with Crippen molar-refractivity contribution in [1.29, 1.82) is 0 Å². The number of allylic oxidation sites excluding steroid dienone is 2. The van der Waals surface area contributed by atoms with Gasteiger partial charge >= 0.3 is 12.1 Å². The first-order valence-electron chi connectivity index (χ1n) is 10.0. The SMILES string of the molecule is CCOC(=O)[C@H]1[C@@H]2C=C(c3cc(NC(=O)OCc4ccccc4)n(COC)n3)C[C@@H]21. The van der Waals surface area contributed by atoms with Gasteiger partial charge < -0.3 is 14.2 Å². The number of hydrogen-bond donors (Lipinski definition) is 1. The molecule has 4 rings (SSSR count). The number of rotatable bonds is 8. The highest BCUT2D eigenvalue weighted by atomic mass is 16.5. The van der Waals surface area contributed by atoms with Crippen molar-refractivity contribution in [3.8, 4) is 0 Å². The molecule has 0 radical (unpaired) electrons. The Morgan fingerprint density at radius 3 is 2.70 bits per heavy atom. The minimum atomic E-state index is -0.562. The summed E-state index contributed by atoms with van der Waals surface area (Å²) in [6.45, 7) is 2.60. The van der Waals surface area contributed by atoms with E-state index in [1.807, 2.05) is 37.3 Å². The van der Waals surface area contributed by atoms with Crippen molar-refractivity contribution in [1.82, 2.24) is 9.78 Å². The molecule has 1 fully saturated rings. The van der Waals surface area contributed by atoms with E-state index in [1.54, 1.807) is 17.9 Å². The van der Waals surface area contributed by atoms with Gasteiger partial charge in [0.25, 0.3) is 0 Å². The van der Waals surface area contributed by atoms with E-state index < -0.39 is 6.09 Å². The van der Waals surface area contributed by atoms with Crippen molar-refractivity contribution in [3.63, 3.8) is 0 Å². The number of benzene rings is 1. The minimum absolute atomic E-state index is 0.0275. The van der Waals surface area contributed by atoms with Crippen LogP contribution in [0.4, 0.5) is 10.6 Å². The van der Waals surface area contributed by atoms with Crippen LogP contribution in [0.1, 0.15) is 24.6 Å². The summed E-state index contributed by atoms with van der Waals surface area (Å²) in [5.74, 6) is 0.864. The van der Waals surface area contributed by atoms with Gasteiger partial charge in [0.1, 0.15) is 19.2 Å². The normalized spacial score (nSPS) is 21.5. The molecule has 1 heterocycles. The number of hydrogen-bond acceptors (Lipinski definition) is 6. The van der Waals surface area contributed by atoms with E-state index in [-0.39, 0.29) is 31.1 Å². The van der Waals surface area contributed by atoms with Crippen LogP contribution >= 0.6 is 0 Å². The predicted octanol–water partition coefficient (Wildman–Crippen LogP) is 3.45. The van der Waals surface area contributed by atoms with Crippen molar-refractivity contribution < 1.29 is 23.8 Å². The van der Waals surface area contributed by atoms with E-state index in [1.165, 1.54) is 0 Å². The molecule has 1 amide bonds. The zero-order valence-electron chi connectivity index (χ0n) is 17.0. The monoisotopic (exact) mass is 411 g/mol. The summed E-state index contributed by atoms with van der Waals surface area (Å²) in [7, 11) is 1.56. The molecule has 0 spiro atoms. The number of nitrogens with one attached hydrogen (secondary N) is 1. The van der Waals surface area contributed by atoms with E-state index in [0.29, 0.717) is 18.3 Å². The fraction of sp³-hybridized carbons (Fsp3) is 0.409. The number of amides is 1. The lowest BCUT2D eigenvalue weighted by Crippen LogP contribution is -2.17. The molecular weight excluding hydrogens is 386 g/mol. The second kappa shape index (κ2) is 8.71. The van der Waals surface area contributed by atoms with Crippen LogP contribution < -0.4 is 5.32 Å². The Bertz CT molecular complexity index is 953. The quantitative estimate of drug-likeness (QED) is 0.669. The van der Waals surface area contributed by atoms with Crippen LogP contribution in [0.3, 0.4) is 0 Å². The maximum atomic E-state index is 12.2. The molecule has 1 aromatic heterocycles. The third-order valence-corrected chi connectivity index (χ3v) is 5.44. The van der Waals surface area contributed by atoms with Crippen LogP contribution in [-0.4, -0.2) is 35.6 Å². The van der Waals surface area contributed by atoms with E-state index in [2.05, 4.69) is 16.5 Å². The van der Waals surface area contributed by atoms with E-state index in [0.717, 1.165) is 23.3 Å². The Labute approximate surface area is 174 Å². The predicted molar refractivity (Wildman–Crippen MR) is 109 cm³/mol. The number of ether oxygens (including phenoxy) is 3. The lowest BCUT2D eigenvalue weighted by atomic mass is 10.1. The van der Waals surface area contributed by atoms with Crippen LogP contribution in [-0.2, 0) is 32.3 Å².